The zero-order valence-electron chi connectivity index (χ0n) is 16.0. The van der Waals surface area contributed by atoms with Crippen molar-refractivity contribution in [3.63, 3.8) is 0 Å². The molecule has 0 rings (SSSR count). The van der Waals surface area contributed by atoms with E-state index < -0.39 is 11.9 Å². The Morgan fingerprint density at radius 3 is 1.52 bits per heavy atom. The van der Waals surface area contributed by atoms with Gasteiger partial charge in [0.05, 0.1) is 0 Å². The molecule has 0 unspecified atom stereocenters. The van der Waals surface area contributed by atoms with Crippen LogP contribution in [0.1, 0.15) is 91.8 Å². The van der Waals surface area contributed by atoms with Crippen LogP contribution in [0, 0.1) is 0 Å². The molecule has 0 aliphatic rings. The number of unbranched alkanes of at least 4 members (excludes halogenated alkanes) is 11. The molecular weight excluding hydrogens is 303 g/mol. The van der Waals surface area contributed by atoms with E-state index in [9.17, 15) is 9.59 Å². The van der Waals surface area contributed by atoms with E-state index in [4.69, 9.17) is 10.2 Å². The minimum absolute atomic E-state index is 0. The number of hydrogen-bond donors (Lipinski definition) is 2. The van der Waals surface area contributed by atoms with Crippen LogP contribution in [0.5, 0.6) is 0 Å². The first kappa shape index (κ1) is 24.9. The Morgan fingerprint density at radius 1 is 0.783 bits per heavy atom. The maximum absolute atomic E-state index is 10.8. The van der Waals surface area contributed by atoms with E-state index in [1.54, 1.807) is 0 Å². The van der Waals surface area contributed by atoms with Gasteiger partial charge in [0.1, 0.15) is 0 Å². The summed E-state index contributed by atoms with van der Waals surface area (Å²) in [5.74, 6) is -2.30. The molecule has 2 N–H and O–H groups in total. The zero-order valence-corrected chi connectivity index (χ0v) is 17.0. The molecule has 5 heteroatoms. The van der Waals surface area contributed by atoms with Gasteiger partial charge < -0.3 is 11.6 Å². The maximum Gasteiger partial charge on any atom is 1.00 e. The van der Waals surface area contributed by atoms with Gasteiger partial charge in [-0.1, -0.05) is 77.6 Å². The Labute approximate surface area is 164 Å². The summed E-state index contributed by atoms with van der Waals surface area (Å²) in [5, 5.41) is 17.5. The number of carbonyl (C=O) groups is 2. The van der Waals surface area contributed by atoms with E-state index in [-0.39, 0.29) is 36.6 Å². The van der Waals surface area contributed by atoms with Crippen molar-refractivity contribution >= 4 is 11.9 Å². The third-order valence-corrected chi connectivity index (χ3v) is 3.87. The molecule has 0 aromatic rings. The van der Waals surface area contributed by atoms with Gasteiger partial charge in [0.15, 0.2) is 0 Å². The summed E-state index contributed by atoms with van der Waals surface area (Å²) < 4.78 is 0. The van der Waals surface area contributed by atoms with Crippen molar-refractivity contribution in [3.05, 3.63) is 11.6 Å². The molecule has 0 aliphatic carbocycles. The van der Waals surface area contributed by atoms with Gasteiger partial charge in [-0.15, -0.1) is 0 Å². The molecule has 0 aromatic heterocycles. The van der Waals surface area contributed by atoms with E-state index in [2.05, 4.69) is 6.92 Å². The van der Waals surface area contributed by atoms with E-state index in [1.165, 1.54) is 57.8 Å². The predicted octanol–water partition coefficient (Wildman–Crippen LogP) is 2.29. The van der Waals surface area contributed by atoms with Crippen LogP contribution in [0.2, 0.25) is 0 Å². The molecule has 0 aromatic carbocycles. The van der Waals surface area contributed by atoms with Crippen molar-refractivity contribution in [3.8, 4) is 0 Å². The smallest absolute Gasteiger partial charge is 1.00 e. The van der Waals surface area contributed by atoms with Crippen LogP contribution in [0.25, 0.3) is 0 Å². The van der Waals surface area contributed by atoms with Crippen LogP contribution < -0.4 is 29.6 Å². The molecular formula is C18H33NaO4. The van der Waals surface area contributed by atoms with Crippen LogP contribution in [-0.4, -0.2) is 22.2 Å². The fourth-order valence-corrected chi connectivity index (χ4v) is 2.55. The predicted molar refractivity (Wildman–Crippen MR) is 90.2 cm³/mol. The van der Waals surface area contributed by atoms with Gasteiger partial charge in [0.25, 0.3) is 0 Å². The summed E-state index contributed by atoms with van der Waals surface area (Å²) in [6.45, 7) is 2.23. The van der Waals surface area contributed by atoms with E-state index >= 15 is 0 Å². The second kappa shape index (κ2) is 18.0. The first-order chi connectivity index (χ1) is 10.6. The second-order valence-corrected chi connectivity index (χ2v) is 5.95. The number of carboxylic acids is 2. The van der Waals surface area contributed by atoms with Crippen LogP contribution in [0.3, 0.4) is 0 Å². The van der Waals surface area contributed by atoms with Crippen LogP contribution in [-0.2, 0) is 9.59 Å². The Morgan fingerprint density at radius 2 is 1.17 bits per heavy atom. The molecule has 0 fully saturated rings. The van der Waals surface area contributed by atoms with Gasteiger partial charge in [-0.25, -0.2) is 9.59 Å². The molecule has 0 radical (unpaired) electrons. The zero-order chi connectivity index (χ0) is 16.6. The molecule has 0 aliphatic heterocycles. The summed E-state index contributed by atoms with van der Waals surface area (Å²) in [5.41, 5.74) is -0.000390. The first-order valence-electron chi connectivity index (χ1n) is 8.74. The molecule has 0 spiro atoms. The van der Waals surface area contributed by atoms with Gasteiger partial charge in [0.2, 0.25) is 0 Å². The van der Waals surface area contributed by atoms with Crippen molar-refractivity contribution in [1.82, 2.24) is 0 Å². The van der Waals surface area contributed by atoms with Gasteiger partial charge >= 0.3 is 41.5 Å². The molecule has 0 bridgehead atoms. The molecule has 0 amide bonds. The maximum atomic E-state index is 10.8. The van der Waals surface area contributed by atoms with Gasteiger partial charge in [-0.05, 0) is 12.8 Å². The normalized spacial score (nSPS) is 11.1. The summed E-state index contributed by atoms with van der Waals surface area (Å²) >= 11 is 0. The largest absolute Gasteiger partial charge is 1.00 e. The molecule has 4 nitrogen and oxygen atoms in total. The SMILES string of the molecule is CCCCCCCCCCCCCC/C(=C\C(=O)O)C(=O)O.[H-].[Na+]. The van der Waals surface area contributed by atoms with Crippen molar-refractivity contribution in [2.24, 2.45) is 0 Å². The quantitative estimate of drug-likeness (QED) is 0.273. The third kappa shape index (κ3) is 17.9. The van der Waals surface area contributed by atoms with Crippen molar-refractivity contribution in [2.75, 3.05) is 0 Å². The number of aliphatic carboxylic acids is 2. The number of hydrogen-bond acceptors (Lipinski definition) is 2. The van der Waals surface area contributed by atoms with Crippen LogP contribution in [0.4, 0.5) is 0 Å². The molecule has 0 atom stereocenters. The summed E-state index contributed by atoms with van der Waals surface area (Å²) in [7, 11) is 0. The molecule has 130 valence electrons. The minimum Gasteiger partial charge on any atom is -1.00 e. The Kier molecular flexibility index (Phi) is 19.5. The number of carboxylic acid groups (broad SMARTS) is 2. The molecule has 23 heavy (non-hydrogen) atoms. The fraction of sp³-hybridized carbons (Fsp3) is 0.778. The average molecular weight is 336 g/mol. The summed E-state index contributed by atoms with van der Waals surface area (Å²) in [6, 6.07) is 0. The third-order valence-electron chi connectivity index (χ3n) is 3.87. The fourth-order valence-electron chi connectivity index (χ4n) is 2.55. The monoisotopic (exact) mass is 336 g/mol. The van der Waals surface area contributed by atoms with Crippen LogP contribution >= 0.6 is 0 Å². The Bertz CT molecular complexity index is 346. The van der Waals surface area contributed by atoms with Gasteiger partial charge in [-0.3, -0.25) is 0 Å². The van der Waals surface area contributed by atoms with E-state index in [0.717, 1.165) is 25.3 Å². The van der Waals surface area contributed by atoms with Crippen molar-refractivity contribution in [2.45, 2.75) is 90.4 Å². The summed E-state index contributed by atoms with van der Waals surface area (Å²) in [4.78, 5) is 21.3. The number of rotatable bonds is 15. The van der Waals surface area contributed by atoms with Crippen molar-refractivity contribution < 1.29 is 50.8 Å². The Balaban J connectivity index is -0.00000220. The van der Waals surface area contributed by atoms with Crippen LogP contribution in [0.15, 0.2) is 11.6 Å². The van der Waals surface area contributed by atoms with E-state index in [1.807, 2.05) is 0 Å². The standard InChI is InChI=1S/C18H32O4.Na.H/c1-2-3-4-5-6-7-8-9-10-11-12-13-14-16(18(21)22)15-17(19)20;;/h15H,2-14H2,1H3,(H,19,20)(H,21,22);;/q;+1;-1/b16-15+;;. The van der Waals surface area contributed by atoms with Gasteiger partial charge in [0, 0.05) is 11.6 Å². The Hall–Kier alpha value is -0.320. The average Bonchev–Trinajstić information content (AvgIpc) is 2.46. The first-order valence-corrected chi connectivity index (χ1v) is 8.74. The summed E-state index contributed by atoms with van der Waals surface area (Å²) in [6.07, 6.45) is 15.8. The second-order valence-electron chi connectivity index (χ2n) is 5.95. The molecule has 0 saturated carbocycles. The molecule has 0 saturated heterocycles. The van der Waals surface area contributed by atoms with Gasteiger partial charge in [-0.2, -0.15) is 0 Å². The van der Waals surface area contributed by atoms with Crippen molar-refractivity contribution in [1.29, 1.82) is 0 Å². The van der Waals surface area contributed by atoms with E-state index in [0.29, 0.717) is 6.42 Å². The molecule has 0 heterocycles. The topological polar surface area (TPSA) is 74.6 Å². The minimum atomic E-state index is -1.18.